The molecule has 5 aromatic heterocycles. The lowest BCUT2D eigenvalue weighted by Crippen LogP contribution is -2.14. The molecule has 0 radical (unpaired) electrons. The Kier molecular flexibility index (Phi) is 18.6. The number of pyridine rings is 3. The number of aromatic nitrogens is 6. The number of rotatable bonds is 18. The second-order valence-electron chi connectivity index (χ2n) is 29.1. The largest absolute Gasteiger partial charge is 0.309 e. The van der Waals surface area contributed by atoms with Crippen molar-refractivity contribution >= 4 is 39.1 Å². The van der Waals surface area contributed by atoms with E-state index in [0.717, 1.165) is 184 Å². The summed E-state index contributed by atoms with van der Waals surface area (Å²) in [4.78, 5) is 27.8. The van der Waals surface area contributed by atoms with Crippen molar-refractivity contribution in [2.24, 2.45) is 0 Å². The smallest absolute Gasteiger partial charge is 0.161 e. The van der Waals surface area contributed by atoms with E-state index in [1.165, 1.54) is 5.39 Å². The fraction of sp³-hybridized carbons (Fsp3) is 0. The molecule has 0 aliphatic carbocycles. The van der Waals surface area contributed by atoms with Crippen molar-refractivity contribution in [3.63, 3.8) is 0 Å². The Bertz CT molecular complexity index is 6760. The van der Waals surface area contributed by atoms with E-state index in [1.54, 1.807) is 0 Å². The Morgan fingerprint density at radius 3 is 1.15 bits per heavy atom. The summed E-state index contributed by atoms with van der Waals surface area (Å²) in [5, 5.41) is 2.33. The molecule has 0 bridgehead atoms. The van der Waals surface area contributed by atoms with Crippen LogP contribution in [0.15, 0.2) is 443 Å². The Balaban J connectivity index is 0.735. The molecule has 15 aromatic carbocycles. The van der Waals surface area contributed by atoms with Crippen LogP contribution in [0.4, 0.5) is 17.3 Å². The lowest BCUT2D eigenvalue weighted by molar-refractivity contribution is 1.09. The van der Waals surface area contributed by atoms with Gasteiger partial charge >= 0.3 is 0 Å². The van der Waals surface area contributed by atoms with E-state index >= 15 is 0 Å². The van der Waals surface area contributed by atoms with Gasteiger partial charge in [0.05, 0.1) is 33.8 Å². The number of hydrogen-bond donors (Lipinski definition) is 0. The van der Waals surface area contributed by atoms with Crippen LogP contribution >= 0.6 is 0 Å². The van der Waals surface area contributed by atoms with Crippen LogP contribution in [0, 0.1) is 0 Å². The van der Waals surface area contributed by atoms with Gasteiger partial charge in [0.2, 0.25) is 0 Å². The summed E-state index contributed by atoms with van der Waals surface area (Å²) in [7, 11) is 0. The average molecular weight is 1480 g/mol. The Morgan fingerprint density at radius 2 is 0.595 bits per heavy atom. The summed E-state index contributed by atoms with van der Waals surface area (Å²) >= 11 is 0. The second kappa shape index (κ2) is 30.9. The molecule has 0 aliphatic heterocycles. The van der Waals surface area contributed by atoms with Crippen molar-refractivity contribution in [3.05, 3.63) is 443 Å². The van der Waals surface area contributed by atoms with Crippen LogP contribution in [0.25, 0.3) is 184 Å². The predicted molar refractivity (Wildman–Crippen MR) is 481 cm³/mol. The zero-order chi connectivity index (χ0) is 77.1. The highest BCUT2D eigenvalue weighted by molar-refractivity contribution is 6.11. The van der Waals surface area contributed by atoms with Crippen molar-refractivity contribution < 1.29 is 0 Å². The molecule has 116 heavy (non-hydrogen) atoms. The van der Waals surface area contributed by atoms with Crippen LogP contribution in [0.5, 0.6) is 0 Å². The molecule has 20 aromatic rings. The third-order valence-corrected chi connectivity index (χ3v) is 22.0. The van der Waals surface area contributed by atoms with Crippen molar-refractivity contribution in [2.75, 3.05) is 4.90 Å². The van der Waals surface area contributed by atoms with Crippen LogP contribution in [0.2, 0.25) is 0 Å². The van der Waals surface area contributed by atoms with Crippen molar-refractivity contribution in [3.8, 4) is 162 Å². The highest BCUT2D eigenvalue weighted by atomic mass is 15.2. The molecule has 0 spiro atoms. The summed E-state index contributed by atoms with van der Waals surface area (Å²) in [5.74, 6) is 1.98. The molecule has 544 valence electrons. The topological polar surface area (TPSA) is 72.6 Å². The molecule has 0 N–H and O–H groups in total. The summed E-state index contributed by atoms with van der Waals surface area (Å²) in [6.07, 6.45) is 5.60. The number of para-hydroxylation sites is 2. The van der Waals surface area contributed by atoms with Crippen LogP contribution in [0.1, 0.15) is 0 Å². The maximum Gasteiger partial charge on any atom is 0.161 e. The lowest BCUT2D eigenvalue weighted by atomic mass is 9.83. The third kappa shape index (κ3) is 13.7. The number of hydrogen-bond acceptors (Lipinski definition) is 6. The summed E-state index contributed by atoms with van der Waals surface area (Å²) in [6.45, 7) is 0. The lowest BCUT2D eigenvalue weighted by Gasteiger charge is -2.24. The Hall–Kier alpha value is -15.6. The van der Waals surface area contributed by atoms with E-state index in [0.29, 0.717) is 11.6 Å². The van der Waals surface area contributed by atoms with Gasteiger partial charge in [0.25, 0.3) is 0 Å². The average Bonchev–Trinajstić information content (AvgIpc) is 1.04. The zero-order valence-electron chi connectivity index (χ0n) is 63.3. The molecule has 0 aliphatic rings. The molecule has 20 rings (SSSR count). The van der Waals surface area contributed by atoms with E-state index in [1.807, 2.05) is 42.9 Å². The third-order valence-electron chi connectivity index (χ3n) is 22.0. The van der Waals surface area contributed by atoms with Gasteiger partial charge in [-0.25, -0.2) is 15.0 Å². The summed E-state index contributed by atoms with van der Waals surface area (Å²) in [6, 6.07) is 152. The first-order chi connectivity index (χ1) is 57.5. The zero-order valence-corrected chi connectivity index (χ0v) is 63.3. The first-order valence-electron chi connectivity index (χ1n) is 39.2. The highest BCUT2D eigenvalue weighted by Gasteiger charge is 2.25. The molecule has 0 atom stereocenters. The van der Waals surface area contributed by atoms with Gasteiger partial charge in [0.1, 0.15) is 11.6 Å². The van der Waals surface area contributed by atoms with Crippen LogP contribution in [-0.2, 0) is 0 Å². The highest BCUT2D eigenvalue weighted by Crippen LogP contribution is 2.48. The fourth-order valence-corrected chi connectivity index (χ4v) is 16.5. The Morgan fingerprint density at radius 1 is 0.190 bits per heavy atom. The van der Waals surface area contributed by atoms with E-state index in [4.69, 9.17) is 24.9 Å². The molecule has 0 amide bonds. The second-order valence-corrected chi connectivity index (χ2v) is 29.1. The summed E-state index contributed by atoms with van der Waals surface area (Å²) < 4.78 is 2.35. The molecular weight excluding hydrogens is 1410 g/mol. The molecule has 0 saturated heterocycles. The minimum Gasteiger partial charge on any atom is -0.309 e. The van der Waals surface area contributed by atoms with E-state index < -0.39 is 0 Å². The first kappa shape index (κ1) is 69.6. The van der Waals surface area contributed by atoms with Gasteiger partial charge < -0.3 is 4.57 Å². The minimum atomic E-state index is 0.581. The monoisotopic (exact) mass is 1480 g/mol. The molecule has 7 heteroatoms. The minimum absolute atomic E-state index is 0.581. The number of nitrogens with zero attached hydrogens (tertiary/aromatic N) is 7. The van der Waals surface area contributed by atoms with Crippen molar-refractivity contribution in [2.45, 2.75) is 0 Å². The fourth-order valence-electron chi connectivity index (χ4n) is 16.5. The van der Waals surface area contributed by atoms with E-state index in [9.17, 15) is 0 Å². The van der Waals surface area contributed by atoms with Gasteiger partial charge in [-0.3, -0.25) is 14.9 Å². The van der Waals surface area contributed by atoms with E-state index in [2.05, 4.69) is 410 Å². The van der Waals surface area contributed by atoms with Gasteiger partial charge in [0, 0.05) is 57.3 Å². The van der Waals surface area contributed by atoms with Crippen LogP contribution in [0.3, 0.4) is 0 Å². The summed E-state index contributed by atoms with van der Waals surface area (Å²) in [5.41, 5.74) is 32.9. The number of benzene rings is 15. The van der Waals surface area contributed by atoms with Gasteiger partial charge in [0.15, 0.2) is 5.82 Å². The van der Waals surface area contributed by atoms with Crippen LogP contribution < -0.4 is 4.90 Å². The van der Waals surface area contributed by atoms with Crippen molar-refractivity contribution in [1.29, 1.82) is 0 Å². The molecule has 7 nitrogen and oxygen atoms in total. The van der Waals surface area contributed by atoms with Gasteiger partial charge in [-0.1, -0.05) is 309 Å². The number of fused-ring (bicyclic) bond motifs is 3. The normalized spacial score (nSPS) is 11.3. The molecule has 5 heterocycles. The number of anilines is 3. The van der Waals surface area contributed by atoms with Crippen molar-refractivity contribution in [1.82, 2.24) is 29.5 Å². The van der Waals surface area contributed by atoms with Gasteiger partial charge in [-0.05, 0) is 227 Å². The van der Waals surface area contributed by atoms with Gasteiger partial charge in [-0.2, -0.15) is 0 Å². The molecule has 0 saturated carbocycles. The SMILES string of the molecule is c1ccc(-c2cccc(-c3cc(-c4ccccn4)ccc3-c3ccccc3-c3cc(-c4ccccc4-c4ccc(-c5nccc(N(c6ccc7c8ccccc8n(-c8ccccc8)c7c6)c6cccc(-c7ccccc7)n6)n5)cc4)cc(-c4ccccc4-c4ccc(-c5ccccn5)cc4-c4cccc(-c5ccccc5)c4)c3)c2)cc1. The standard InChI is InChI=1S/C109H73N7/c1-5-28-74(29-6-1)79-34-25-36-81(66-79)100-71-83(102-47-21-23-63-110-102)56-59-96(100)94-44-17-15-42-92(94)86-68-85(69-87(70-86)93-43-16-18-45-95(93)97-60-57-84(103-48-22-24-64-111-103)72-101(97)82-37-26-35-80(67-82)75-30-7-2-8-31-75)91-41-14-13-40-90(91)76-52-54-78(55-53-76)109-112-65-62-108(114-109)116(107-51-27-49-104(113-107)77-32-9-3-10-33-77)89-58-61-99-98-46-19-20-50-105(98)115(106(99)73-89)88-38-11-4-12-39-88/h1-73H. The predicted octanol–water partition coefficient (Wildman–Crippen LogP) is 28.6. The first-order valence-corrected chi connectivity index (χ1v) is 39.2. The molecular formula is C109H73N7. The maximum atomic E-state index is 5.48. The van der Waals surface area contributed by atoms with Gasteiger partial charge in [-0.15, -0.1) is 0 Å². The molecule has 0 unspecified atom stereocenters. The van der Waals surface area contributed by atoms with E-state index in [-0.39, 0.29) is 0 Å². The maximum absolute atomic E-state index is 5.48. The van der Waals surface area contributed by atoms with Crippen LogP contribution in [-0.4, -0.2) is 29.5 Å². The molecule has 0 fully saturated rings. The quantitative estimate of drug-likeness (QED) is 0.0852. The Labute approximate surface area is 674 Å².